The van der Waals surface area contributed by atoms with Gasteiger partial charge in [-0.15, -0.1) is 0 Å². The molecule has 3 rings (SSSR count). The summed E-state index contributed by atoms with van der Waals surface area (Å²) in [5.74, 6) is -0.566. The summed E-state index contributed by atoms with van der Waals surface area (Å²) in [6.07, 6.45) is 0.604. The standard InChI is InChI=1S/C22H24N2O3/c1-15-8-10-17(11-9-15)19-20(23-18-7-4-6-16(2)14-18)22(26)24(21(19)25)12-5-13-27-3/h4,6-11,14,23H,5,12-13H2,1-3H3. The highest BCUT2D eigenvalue weighted by Crippen LogP contribution is 2.31. The summed E-state index contributed by atoms with van der Waals surface area (Å²) in [6.45, 7) is 4.80. The van der Waals surface area contributed by atoms with Crippen LogP contribution in [0.4, 0.5) is 5.69 Å². The van der Waals surface area contributed by atoms with Crippen LogP contribution >= 0.6 is 0 Å². The lowest BCUT2D eigenvalue weighted by molar-refractivity contribution is -0.136. The number of nitrogens with one attached hydrogen (secondary N) is 1. The number of imide groups is 1. The van der Waals surface area contributed by atoms with E-state index in [0.717, 1.165) is 22.4 Å². The number of rotatable bonds is 7. The number of nitrogens with zero attached hydrogens (tertiary/aromatic N) is 1. The number of ether oxygens (including phenoxy) is 1. The number of carbonyl (C=O) groups is 2. The molecular formula is C22H24N2O3. The average molecular weight is 364 g/mol. The van der Waals surface area contributed by atoms with E-state index in [9.17, 15) is 9.59 Å². The minimum Gasteiger partial charge on any atom is -0.385 e. The minimum atomic E-state index is -0.298. The van der Waals surface area contributed by atoms with Crippen molar-refractivity contribution >= 4 is 23.1 Å². The highest BCUT2D eigenvalue weighted by molar-refractivity contribution is 6.36. The summed E-state index contributed by atoms with van der Waals surface area (Å²) < 4.78 is 5.05. The molecule has 2 aromatic rings. The van der Waals surface area contributed by atoms with Gasteiger partial charge in [-0.3, -0.25) is 14.5 Å². The molecule has 1 aliphatic heterocycles. The first-order valence-electron chi connectivity index (χ1n) is 9.01. The van der Waals surface area contributed by atoms with Crippen molar-refractivity contribution in [1.82, 2.24) is 4.90 Å². The van der Waals surface area contributed by atoms with Crippen molar-refractivity contribution in [3.8, 4) is 0 Å². The Morgan fingerprint density at radius 2 is 1.70 bits per heavy atom. The lowest BCUT2D eigenvalue weighted by Gasteiger charge is -2.15. The Kier molecular flexibility index (Phi) is 5.72. The van der Waals surface area contributed by atoms with Crippen LogP contribution in [0.1, 0.15) is 23.1 Å². The Labute approximate surface area is 159 Å². The van der Waals surface area contributed by atoms with Gasteiger partial charge < -0.3 is 10.1 Å². The smallest absolute Gasteiger partial charge is 0.278 e. The number of methoxy groups -OCH3 is 1. The first-order valence-corrected chi connectivity index (χ1v) is 9.01. The van der Waals surface area contributed by atoms with Gasteiger partial charge in [-0.05, 0) is 43.5 Å². The van der Waals surface area contributed by atoms with E-state index in [-0.39, 0.29) is 11.8 Å². The molecule has 0 saturated carbocycles. The van der Waals surface area contributed by atoms with Crippen LogP contribution in [-0.2, 0) is 14.3 Å². The zero-order chi connectivity index (χ0) is 19.4. The number of hydrogen-bond acceptors (Lipinski definition) is 4. The lowest BCUT2D eigenvalue weighted by Crippen LogP contribution is -2.33. The predicted molar refractivity (Wildman–Crippen MR) is 106 cm³/mol. The zero-order valence-electron chi connectivity index (χ0n) is 15.9. The van der Waals surface area contributed by atoms with Crippen molar-refractivity contribution in [3.63, 3.8) is 0 Å². The maximum Gasteiger partial charge on any atom is 0.278 e. The summed E-state index contributed by atoms with van der Waals surface area (Å²) >= 11 is 0. The topological polar surface area (TPSA) is 58.6 Å². The van der Waals surface area contributed by atoms with Crippen molar-refractivity contribution in [2.45, 2.75) is 20.3 Å². The lowest BCUT2D eigenvalue weighted by atomic mass is 10.0. The quantitative estimate of drug-likeness (QED) is 0.603. The van der Waals surface area contributed by atoms with Gasteiger partial charge >= 0.3 is 0 Å². The van der Waals surface area contributed by atoms with Gasteiger partial charge in [0.05, 0.1) is 5.57 Å². The van der Waals surface area contributed by atoms with Gasteiger partial charge in [-0.1, -0.05) is 42.0 Å². The summed E-state index contributed by atoms with van der Waals surface area (Å²) in [4.78, 5) is 27.3. The monoisotopic (exact) mass is 364 g/mol. The molecule has 0 spiro atoms. The second-order valence-corrected chi connectivity index (χ2v) is 6.72. The van der Waals surface area contributed by atoms with E-state index in [1.807, 2.05) is 62.4 Å². The van der Waals surface area contributed by atoms with Crippen LogP contribution in [0, 0.1) is 13.8 Å². The van der Waals surface area contributed by atoms with E-state index in [1.54, 1.807) is 7.11 Å². The molecule has 1 N–H and O–H groups in total. The number of anilines is 1. The van der Waals surface area contributed by atoms with E-state index in [2.05, 4.69) is 5.32 Å². The second kappa shape index (κ2) is 8.18. The number of carbonyl (C=O) groups excluding carboxylic acids is 2. The predicted octanol–water partition coefficient (Wildman–Crippen LogP) is 3.53. The van der Waals surface area contributed by atoms with Crippen molar-refractivity contribution in [3.05, 3.63) is 70.9 Å². The highest BCUT2D eigenvalue weighted by Gasteiger charge is 2.38. The SMILES string of the molecule is COCCCN1C(=O)C(Nc2cccc(C)c2)=C(c2ccc(C)cc2)C1=O. The van der Waals surface area contributed by atoms with Gasteiger partial charge in [-0.25, -0.2) is 0 Å². The molecule has 27 heavy (non-hydrogen) atoms. The molecule has 0 aromatic heterocycles. The molecule has 1 heterocycles. The number of aryl methyl sites for hydroxylation is 2. The van der Waals surface area contributed by atoms with Crippen molar-refractivity contribution in [1.29, 1.82) is 0 Å². The van der Waals surface area contributed by atoms with Gasteiger partial charge in [0.1, 0.15) is 5.70 Å². The molecule has 1 aliphatic rings. The Bertz CT molecular complexity index is 885. The largest absolute Gasteiger partial charge is 0.385 e. The fraction of sp³-hybridized carbons (Fsp3) is 0.273. The number of hydrogen-bond donors (Lipinski definition) is 1. The fourth-order valence-electron chi connectivity index (χ4n) is 3.12. The molecule has 0 unspecified atom stereocenters. The van der Waals surface area contributed by atoms with E-state index < -0.39 is 0 Å². The molecule has 0 bridgehead atoms. The van der Waals surface area contributed by atoms with Gasteiger partial charge in [0.2, 0.25) is 0 Å². The zero-order valence-corrected chi connectivity index (χ0v) is 15.9. The third-order valence-corrected chi connectivity index (χ3v) is 4.53. The van der Waals surface area contributed by atoms with Gasteiger partial charge in [-0.2, -0.15) is 0 Å². The maximum atomic E-state index is 13.0. The van der Waals surface area contributed by atoms with Crippen LogP contribution in [0.2, 0.25) is 0 Å². The number of benzene rings is 2. The van der Waals surface area contributed by atoms with Crippen LogP contribution in [0.3, 0.4) is 0 Å². The van der Waals surface area contributed by atoms with Crippen LogP contribution in [-0.4, -0.2) is 37.0 Å². The average Bonchev–Trinajstić information content (AvgIpc) is 2.87. The van der Waals surface area contributed by atoms with Gasteiger partial charge in [0.25, 0.3) is 11.8 Å². The summed E-state index contributed by atoms with van der Waals surface area (Å²) in [5, 5.41) is 3.18. The first kappa shape index (κ1) is 18.9. The Morgan fingerprint density at radius 1 is 0.963 bits per heavy atom. The molecule has 0 aliphatic carbocycles. The van der Waals surface area contributed by atoms with Gasteiger partial charge in [0, 0.05) is 25.9 Å². The van der Waals surface area contributed by atoms with Crippen molar-refractivity contribution in [2.75, 3.05) is 25.6 Å². The normalized spacial score (nSPS) is 14.3. The molecule has 2 amide bonds. The van der Waals surface area contributed by atoms with E-state index in [0.29, 0.717) is 30.8 Å². The molecule has 5 nitrogen and oxygen atoms in total. The summed E-state index contributed by atoms with van der Waals surface area (Å²) in [7, 11) is 1.61. The summed E-state index contributed by atoms with van der Waals surface area (Å²) in [6, 6.07) is 15.4. The van der Waals surface area contributed by atoms with Crippen LogP contribution in [0.5, 0.6) is 0 Å². The molecule has 0 saturated heterocycles. The highest BCUT2D eigenvalue weighted by atomic mass is 16.5. The van der Waals surface area contributed by atoms with Crippen LogP contribution < -0.4 is 5.32 Å². The Hall–Kier alpha value is -2.92. The molecule has 5 heteroatoms. The molecule has 140 valence electrons. The molecule has 0 fully saturated rings. The minimum absolute atomic E-state index is 0.268. The van der Waals surface area contributed by atoms with Crippen molar-refractivity contribution in [2.24, 2.45) is 0 Å². The van der Waals surface area contributed by atoms with E-state index >= 15 is 0 Å². The van der Waals surface area contributed by atoms with Crippen LogP contribution in [0.25, 0.3) is 5.57 Å². The van der Waals surface area contributed by atoms with Crippen LogP contribution in [0.15, 0.2) is 54.2 Å². The third-order valence-electron chi connectivity index (χ3n) is 4.53. The van der Waals surface area contributed by atoms with Crippen molar-refractivity contribution < 1.29 is 14.3 Å². The second-order valence-electron chi connectivity index (χ2n) is 6.72. The summed E-state index contributed by atoms with van der Waals surface area (Å²) in [5.41, 5.74) is 4.44. The Balaban J connectivity index is 1.99. The fourth-order valence-corrected chi connectivity index (χ4v) is 3.12. The number of amides is 2. The molecule has 2 aromatic carbocycles. The van der Waals surface area contributed by atoms with Gasteiger partial charge in [0.15, 0.2) is 0 Å². The molecular weight excluding hydrogens is 340 g/mol. The maximum absolute atomic E-state index is 13.0. The third kappa shape index (κ3) is 4.09. The van der Waals surface area contributed by atoms with E-state index in [1.165, 1.54) is 4.90 Å². The Morgan fingerprint density at radius 3 is 2.37 bits per heavy atom. The van der Waals surface area contributed by atoms with E-state index in [4.69, 9.17) is 4.74 Å². The first-order chi connectivity index (χ1) is 13.0. The molecule has 0 radical (unpaired) electrons. The molecule has 0 atom stereocenters.